The van der Waals surface area contributed by atoms with Crippen LogP contribution < -0.4 is 5.32 Å². The molecule has 0 fully saturated rings. The molecule has 0 aliphatic rings. The summed E-state index contributed by atoms with van der Waals surface area (Å²) in [4.78, 5) is 0. The molecule has 3 rings (SSSR count). The lowest BCUT2D eigenvalue weighted by atomic mass is 10.2. The summed E-state index contributed by atoms with van der Waals surface area (Å²) in [7, 11) is 0. The maximum absolute atomic E-state index is 3.92. The van der Waals surface area contributed by atoms with Gasteiger partial charge in [-0.05, 0) is 40.3 Å². The van der Waals surface area contributed by atoms with Gasteiger partial charge in [-0.2, -0.15) is 4.68 Å². The average Bonchev–Trinajstić information content (AvgIpc) is 3.01. The monoisotopic (exact) mass is 329 g/mol. The van der Waals surface area contributed by atoms with Crippen LogP contribution in [0.15, 0.2) is 59.3 Å². The molecule has 0 saturated carbocycles. The standard InChI is InChI=1S/C14H12BrN5/c15-12-7-5-11(6-8-12)9-16-13-3-1-2-4-14(13)20-10-17-18-19-20/h1-8,10,16H,9H2. The fourth-order valence-corrected chi connectivity index (χ4v) is 2.16. The number of tetrazole rings is 1. The van der Waals surface area contributed by atoms with Crippen LogP contribution in [0.4, 0.5) is 5.69 Å². The highest BCUT2D eigenvalue weighted by Crippen LogP contribution is 2.19. The Morgan fingerprint density at radius 1 is 1.05 bits per heavy atom. The normalized spacial score (nSPS) is 10.4. The van der Waals surface area contributed by atoms with Crippen molar-refractivity contribution >= 4 is 21.6 Å². The SMILES string of the molecule is Brc1ccc(CNc2ccccc2-n2cnnn2)cc1. The van der Waals surface area contributed by atoms with Crippen LogP contribution in [0.5, 0.6) is 0 Å². The van der Waals surface area contributed by atoms with E-state index in [9.17, 15) is 0 Å². The molecular weight excluding hydrogens is 318 g/mol. The maximum atomic E-state index is 3.92. The van der Waals surface area contributed by atoms with Gasteiger partial charge in [0.1, 0.15) is 6.33 Å². The Kier molecular flexibility index (Phi) is 3.73. The summed E-state index contributed by atoms with van der Waals surface area (Å²) in [6.45, 7) is 0.742. The molecule has 6 heteroatoms. The molecule has 1 heterocycles. The maximum Gasteiger partial charge on any atom is 0.143 e. The Labute approximate surface area is 124 Å². The fourth-order valence-electron chi connectivity index (χ4n) is 1.89. The molecule has 2 aromatic carbocycles. The van der Waals surface area contributed by atoms with Gasteiger partial charge in [-0.3, -0.25) is 0 Å². The number of nitrogens with zero attached hydrogens (tertiary/aromatic N) is 4. The second-order valence-corrected chi connectivity index (χ2v) is 5.17. The van der Waals surface area contributed by atoms with Crippen LogP contribution in [0.25, 0.3) is 5.69 Å². The number of benzene rings is 2. The lowest BCUT2D eigenvalue weighted by Crippen LogP contribution is -2.04. The number of hydrogen-bond acceptors (Lipinski definition) is 4. The van der Waals surface area contributed by atoms with Gasteiger partial charge >= 0.3 is 0 Å². The number of hydrogen-bond donors (Lipinski definition) is 1. The lowest BCUT2D eigenvalue weighted by Gasteiger charge is -2.11. The van der Waals surface area contributed by atoms with Crippen molar-refractivity contribution < 1.29 is 0 Å². The Morgan fingerprint density at radius 2 is 1.85 bits per heavy atom. The van der Waals surface area contributed by atoms with Gasteiger partial charge in [0.2, 0.25) is 0 Å². The third kappa shape index (κ3) is 2.85. The van der Waals surface area contributed by atoms with Crippen molar-refractivity contribution in [3.63, 3.8) is 0 Å². The lowest BCUT2D eigenvalue weighted by molar-refractivity contribution is 0.789. The van der Waals surface area contributed by atoms with E-state index in [1.165, 1.54) is 5.56 Å². The van der Waals surface area contributed by atoms with Crippen molar-refractivity contribution in [3.05, 3.63) is 64.9 Å². The molecule has 1 N–H and O–H groups in total. The summed E-state index contributed by atoms with van der Waals surface area (Å²) >= 11 is 3.43. The molecule has 5 nitrogen and oxygen atoms in total. The molecule has 0 spiro atoms. The molecule has 0 unspecified atom stereocenters. The van der Waals surface area contributed by atoms with E-state index in [2.05, 4.69) is 48.9 Å². The van der Waals surface area contributed by atoms with Crippen LogP contribution in [-0.4, -0.2) is 20.2 Å². The van der Waals surface area contributed by atoms with Gasteiger partial charge in [0.25, 0.3) is 0 Å². The van der Waals surface area contributed by atoms with Crippen LogP contribution in [0.2, 0.25) is 0 Å². The van der Waals surface area contributed by atoms with Gasteiger partial charge in [0.05, 0.1) is 11.4 Å². The van der Waals surface area contributed by atoms with Crippen LogP contribution in [0.1, 0.15) is 5.56 Å². The highest BCUT2D eigenvalue weighted by molar-refractivity contribution is 9.10. The van der Waals surface area contributed by atoms with Crippen LogP contribution >= 0.6 is 15.9 Å². The molecule has 100 valence electrons. The van der Waals surface area contributed by atoms with Crippen molar-refractivity contribution in [1.82, 2.24) is 20.2 Å². The molecule has 20 heavy (non-hydrogen) atoms. The van der Waals surface area contributed by atoms with Crippen LogP contribution in [-0.2, 0) is 6.54 Å². The molecule has 0 amide bonds. The molecule has 1 aromatic heterocycles. The van der Waals surface area contributed by atoms with Crippen molar-refractivity contribution in [3.8, 4) is 5.69 Å². The van der Waals surface area contributed by atoms with Gasteiger partial charge in [-0.25, -0.2) is 0 Å². The van der Waals surface area contributed by atoms with E-state index in [0.717, 1.165) is 22.4 Å². The predicted molar refractivity (Wildman–Crippen MR) is 80.6 cm³/mol. The van der Waals surface area contributed by atoms with Crippen molar-refractivity contribution in [2.75, 3.05) is 5.32 Å². The van der Waals surface area contributed by atoms with E-state index in [0.29, 0.717) is 0 Å². The largest absolute Gasteiger partial charge is 0.379 e. The number of halogens is 1. The minimum atomic E-state index is 0.742. The second kappa shape index (κ2) is 5.83. The average molecular weight is 330 g/mol. The Balaban J connectivity index is 1.79. The first-order valence-corrected chi connectivity index (χ1v) is 6.93. The topological polar surface area (TPSA) is 55.6 Å². The van der Waals surface area contributed by atoms with Crippen molar-refractivity contribution in [1.29, 1.82) is 0 Å². The van der Waals surface area contributed by atoms with Crippen LogP contribution in [0, 0.1) is 0 Å². The molecule has 0 saturated heterocycles. The third-order valence-corrected chi connectivity index (χ3v) is 3.42. The third-order valence-electron chi connectivity index (χ3n) is 2.90. The van der Waals surface area contributed by atoms with E-state index < -0.39 is 0 Å². The Morgan fingerprint density at radius 3 is 2.60 bits per heavy atom. The smallest absolute Gasteiger partial charge is 0.143 e. The first-order valence-electron chi connectivity index (χ1n) is 6.13. The molecule has 3 aromatic rings. The van der Waals surface area contributed by atoms with Gasteiger partial charge in [-0.15, -0.1) is 5.10 Å². The zero-order valence-electron chi connectivity index (χ0n) is 10.6. The van der Waals surface area contributed by atoms with Crippen LogP contribution in [0.3, 0.4) is 0 Å². The van der Waals surface area contributed by atoms with E-state index in [4.69, 9.17) is 0 Å². The highest BCUT2D eigenvalue weighted by atomic mass is 79.9. The summed E-state index contributed by atoms with van der Waals surface area (Å²) in [5, 5.41) is 14.7. The molecule has 0 bridgehead atoms. The molecular formula is C14H12BrN5. The second-order valence-electron chi connectivity index (χ2n) is 4.25. The number of para-hydroxylation sites is 2. The van der Waals surface area contributed by atoms with E-state index >= 15 is 0 Å². The van der Waals surface area contributed by atoms with Gasteiger partial charge < -0.3 is 5.32 Å². The van der Waals surface area contributed by atoms with E-state index in [1.807, 2.05) is 36.4 Å². The number of aromatic nitrogens is 4. The zero-order chi connectivity index (χ0) is 13.8. The quantitative estimate of drug-likeness (QED) is 0.799. The summed E-state index contributed by atoms with van der Waals surface area (Å²) < 4.78 is 2.72. The number of nitrogens with one attached hydrogen (secondary N) is 1. The highest BCUT2D eigenvalue weighted by Gasteiger charge is 2.04. The van der Waals surface area contributed by atoms with Gasteiger partial charge in [0, 0.05) is 11.0 Å². The Hall–Kier alpha value is -2.21. The summed E-state index contributed by atoms with van der Waals surface area (Å²) in [6, 6.07) is 16.2. The molecule has 0 atom stereocenters. The predicted octanol–water partition coefficient (Wildman–Crippen LogP) is 3.04. The Bertz CT molecular complexity index is 679. The summed E-state index contributed by atoms with van der Waals surface area (Å²) in [5.41, 5.74) is 3.12. The van der Waals surface area contributed by atoms with E-state index in [1.54, 1.807) is 11.0 Å². The van der Waals surface area contributed by atoms with Gasteiger partial charge in [-0.1, -0.05) is 40.2 Å². The first-order chi connectivity index (χ1) is 9.83. The van der Waals surface area contributed by atoms with E-state index in [-0.39, 0.29) is 0 Å². The first kappa shape index (κ1) is 12.8. The number of anilines is 1. The van der Waals surface area contributed by atoms with Gasteiger partial charge in [0.15, 0.2) is 0 Å². The van der Waals surface area contributed by atoms with Crippen molar-refractivity contribution in [2.24, 2.45) is 0 Å². The fraction of sp³-hybridized carbons (Fsp3) is 0.0714. The number of rotatable bonds is 4. The minimum absolute atomic E-state index is 0.742. The molecule has 0 aliphatic heterocycles. The summed E-state index contributed by atoms with van der Waals surface area (Å²) in [5.74, 6) is 0. The summed E-state index contributed by atoms with van der Waals surface area (Å²) in [6.07, 6.45) is 1.58. The zero-order valence-corrected chi connectivity index (χ0v) is 12.2. The minimum Gasteiger partial charge on any atom is -0.379 e. The van der Waals surface area contributed by atoms with Crippen molar-refractivity contribution in [2.45, 2.75) is 6.54 Å². The molecule has 0 aliphatic carbocycles. The molecule has 0 radical (unpaired) electrons.